The molecule has 1 heterocycles. The lowest BCUT2D eigenvalue weighted by Crippen LogP contribution is -2.41. The van der Waals surface area contributed by atoms with Crippen LogP contribution in [0.1, 0.15) is 30.5 Å². The molecule has 0 atom stereocenters. The van der Waals surface area contributed by atoms with Gasteiger partial charge in [0.1, 0.15) is 0 Å². The molecule has 1 fully saturated rings. The summed E-state index contributed by atoms with van der Waals surface area (Å²) >= 11 is 5.87. The minimum Gasteiger partial charge on any atom is -0.293 e. The second kappa shape index (κ2) is 5.65. The van der Waals surface area contributed by atoms with Crippen LogP contribution in [-0.4, -0.2) is 28.4 Å². The Balaban J connectivity index is 2.01. The van der Waals surface area contributed by atoms with Crippen molar-refractivity contribution in [2.75, 3.05) is 12.4 Å². The molecule has 88 valence electrons. The Labute approximate surface area is 103 Å². The molecule has 1 aromatic rings. The third kappa shape index (κ3) is 2.74. The molecule has 0 N–H and O–H groups in total. The largest absolute Gasteiger partial charge is 0.293 e. The highest BCUT2D eigenvalue weighted by molar-refractivity contribution is 6.18. The molecule has 0 aliphatic heterocycles. The van der Waals surface area contributed by atoms with Crippen LogP contribution in [0.25, 0.3) is 0 Å². The van der Waals surface area contributed by atoms with E-state index in [1.54, 1.807) is 0 Å². The van der Waals surface area contributed by atoms with Crippen molar-refractivity contribution >= 4 is 11.6 Å². The minimum absolute atomic E-state index is 0.711. The van der Waals surface area contributed by atoms with E-state index in [-0.39, 0.29) is 0 Å². The molecule has 0 saturated heterocycles. The van der Waals surface area contributed by atoms with Gasteiger partial charge in [0.25, 0.3) is 0 Å². The Morgan fingerprint density at radius 2 is 2.31 bits per heavy atom. The van der Waals surface area contributed by atoms with Crippen LogP contribution >= 0.6 is 11.6 Å². The maximum atomic E-state index is 5.87. The summed E-state index contributed by atoms with van der Waals surface area (Å²) in [6.45, 7) is 4.05. The van der Waals surface area contributed by atoms with Crippen molar-refractivity contribution in [2.45, 2.75) is 38.8 Å². The molecule has 0 amide bonds. The Morgan fingerprint density at radius 3 is 2.88 bits per heavy atom. The number of nitrogens with zero attached hydrogens (tertiary/aromatic N) is 2. The molecule has 1 saturated carbocycles. The highest BCUT2D eigenvalue weighted by atomic mass is 35.5. The molecule has 3 heteroatoms. The standard InChI is InChI=1S/C13H19ClN2/c1-11-4-3-8-15-13(11)10-16(9-7-14)12-5-2-6-12/h3-4,8,12H,2,5-7,9-10H2,1H3. The normalized spacial score (nSPS) is 16.4. The van der Waals surface area contributed by atoms with Gasteiger partial charge in [0.2, 0.25) is 0 Å². The van der Waals surface area contributed by atoms with Gasteiger partial charge >= 0.3 is 0 Å². The van der Waals surface area contributed by atoms with Crippen LogP contribution in [0, 0.1) is 6.92 Å². The van der Waals surface area contributed by atoms with Gasteiger partial charge in [-0.15, -0.1) is 11.6 Å². The van der Waals surface area contributed by atoms with Gasteiger partial charge in [0.15, 0.2) is 0 Å². The molecular weight excluding hydrogens is 220 g/mol. The molecule has 0 spiro atoms. The maximum Gasteiger partial charge on any atom is 0.0573 e. The zero-order valence-corrected chi connectivity index (χ0v) is 10.6. The van der Waals surface area contributed by atoms with Gasteiger partial charge in [-0.3, -0.25) is 9.88 Å². The van der Waals surface area contributed by atoms with E-state index in [2.05, 4.69) is 22.9 Å². The van der Waals surface area contributed by atoms with Crippen molar-refractivity contribution in [2.24, 2.45) is 0 Å². The lowest BCUT2D eigenvalue weighted by atomic mass is 9.91. The fourth-order valence-electron chi connectivity index (χ4n) is 2.13. The van der Waals surface area contributed by atoms with Crippen LogP contribution in [0.2, 0.25) is 0 Å². The van der Waals surface area contributed by atoms with E-state index in [1.807, 2.05) is 12.3 Å². The minimum atomic E-state index is 0.711. The molecule has 16 heavy (non-hydrogen) atoms. The maximum absolute atomic E-state index is 5.87. The van der Waals surface area contributed by atoms with Crippen molar-refractivity contribution < 1.29 is 0 Å². The van der Waals surface area contributed by atoms with E-state index in [1.165, 1.54) is 30.5 Å². The number of alkyl halides is 1. The predicted molar refractivity (Wildman–Crippen MR) is 67.7 cm³/mol. The first-order valence-electron chi connectivity index (χ1n) is 6.02. The van der Waals surface area contributed by atoms with Crippen molar-refractivity contribution in [3.8, 4) is 0 Å². The summed E-state index contributed by atoms with van der Waals surface area (Å²) in [4.78, 5) is 6.93. The van der Waals surface area contributed by atoms with Gasteiger partial charge in [-0.25, -0.2) is 0 Å². The highest BCUT2D eigenvalue weighted by Crippen LogP contribution is 2.26. The zero-order valence-electron chi connectivity index (χ0n) is 9.82. The second-order valence-electron chi connectivity index (χ2n) is 4.51. The van der Waals surface area contributed by atoms with Crippen LogP contribution in [0.15, 0.2) is 18.3 Å². The molecule has 2 nitrogen and oxygen atoms in total. The van der Waals surface area contributed by atoms with Gasteiger partial charge in [-0.2, -0.15) is 0 Å². The van der Waals surface area contributed by atoms with Crippen LogP contribution in [0.4, 0.5) is 0 Å². The van der Waals surface area contributed by atoms with E-state index >= 15 is 0 Å². The molecule has 0 unspecified atom stereocenters. The fraction of sp³-hybridized carbons (Fsp3) is 0.615. The zero-order chi connectivity index (χ0) is 11.4. The summed E-state index contributed by atoms with van der Waals surface area (Å²) in [5, 5.41) is 0. The summed E-state index contributed by atoms with van der Waals surface area (Å²) in [6.07, 6.45) is 5.89. The Hall–Kier alpha value is -0.600. The number of hydrogen-bond acceptors (Lipinski definition) is 2. The smallest absolute Gasteiger partial charge is 0.0573 e. The van der Waals surface area contributed by atoms with Crippen LogP contribution in [-0.2, 0) is 6.54 Å². The average Bonchev–Trinajstić information content (AvgIpc) is 2.19. The molecular formula is C13H19ClN2. The molecule has 1 aliphatic rings. The van der Waals surface area contributed by atoms with Crippen molar-refractivity contribution in [1.29, 1.82) is 0 Å². The van der Waals surface area contributed by atoms with Crippen LogP contribution in [0.5, 0.6) is 0 Å². The number of halogens is 1. The predicted octanol–water partition coefficient (Wildman–Crippen LogP) is 2.98. The monoisotopic (exact) mass is 238 g/mol. The summed E-state index contributed by atoms with van der Waals surface area (Å²) in [5.74, 6) is 0.711. The quantitative estimate of drug-likeness (QED) is 0.734. The van der Waals surface area contributed by atoms with Crippen LogP contribution < -0.4 is 0 Å². The summed E-state index contributed by atoms with van der Waals surface area (Å²) in [7, 11) is 0. The van der Waals surface area contributed by atoms with Crippen molar-refractivity contribution in [3.05, 3.63) is 29.6 Å². The van der Waals surface area contributed by atoms with Gasteiger partial charge in [-0.05, 0) is 31.4 Å². The van der Waals surface area contributed by atoms with E-state index in [0.29, 0.717) is 5.88 Å². The van der Waals surface area contributed by atoms with E-state index in [0.717, 1.165) is 19.1 Å². The Bertz CT molecular complexity index is 336. The van der Waals surface area contributed by atoms with Crippen molar-refractivity contribution in [1.82, 2.24) is 9.88 Å². The van der Waals surface area contributed by atoms with Gasteiger partial charge in [-0.1, -0.05) is 12.5 Å². The summed E-state index contributed by atoms with van der Waals surface area (Å²) < 4.78 is 0. The third-order valence-electron chi connectivity index (χ3n) is 3.43. The summed E-state index contributed by atoms with van der Waals surface area (Å²) in [6, 6.07) is 4.86. The molecule has 0 aromatic carbocycles. The first kappa shape index (κ1) is 11.9. The number of rotatable bonds is 5. The molecule has 1 aromatic heterocycles. The number of hydrogen-bond donors (Lipinski definition) is 0. The van der Waals surface area contributed by atoms with Crippen molar-refractivity contribution in [3.63, 3.8) is 0 Å². The third-order valence-corrected chi connectivity index (χ3v) is 3.60. The average molecular weight is 239 g/mol. The molecule has 1 aliphatic carbocycles. The van der Waals surface area contributed by atoms with Gasteiger partial charge < -0.3 is 0 Å². The number of aryl methyl sites for hydroxylation is 1. The van der Waals surface area contributed by atoms with Gasteiger partial charge in [0, 0.05) is 31.2 Å². The van der Waals surface area contributed by atoms with E-state index < -0.39 is 0 Å². The first-order chi connectivity index (χ1) is 7.81. The highest BCUT2D eigenvalue weighted by Gasteiger charge is 2.24. The molecule has 0 radical (unpaired) electrons. The second-order valence-corrected chi connectivity index (χ2v) is 4.89. The summed E-state index contributed by atoms with van der Waals surface area (Å²) in [5.41, 5.74) is 2.47. The topological polar surface area (TPSA) is 16.1 Å². The fourth-order valence-corrected chi connectivity index (χ4v) is 2.34. The van der Waals surface area contributed by atoms with Crippen LogP contribution in [0.3, 0.4) is 0 Å². The lowest BCUT2D eigenvalue weighted by Gasteiger charge is -2.37. The Morgan fingerprint density at radius 1 is 1.50 bits per heavy atom. The SMILES string of the molecule is Cc1cccnc1CN(CCCl)C1CCC1. The van der Waals surface area contributed by atoms with Gasteiger partial charge in [0.05, 0.1) is 5.69 Å². The number of pyridine rings is 1. The lowest BCUT2D eigenvalue weighted by molar-refractivity contribution is 0.125. The van der Waals surface area contributed by atoms with E-state index in [4.69, 9.17) is 11.6 Å². The molecule has 2 rings (SSSR count). The Kier molecular flexibility index (Phi) is 4.19. The first-order valence-corrected chi connectivity index (χ1v) is 6.55. The van der Waals surface area contributed by atoms with E-state index in [9.17, 15) is 0 Å². The number of aromatic nitrogens is 1. The molecule has 0 bridgehead atoms.